The van der Waals surface area contributed by atoms with E-state index in [4.69, 9.17) is 14.6 Å². The van der Waals surface area contributed by atoms with Crippen LogP contribution >= 0.6 is 11.3 Å². The summed E-state index contributed by atoms with van der Waals surface area (Å²) in [5, 5.41) is 9.69. The normalized spacial score (nSPS) is 10.3. The van der Waals surface area contributed by atoms with Crippen LogP contribution in [-0.2, 0) is 0 Å². The lowest BCUT2D eigenvalue weighted by Crippen LogP contribution is -1.98. The van der Waals surface area contributed by atoms with Gasteiger partial charge in [0, 0.05) is 10.4 Å². The fourth-order valence-corrected chi connectivity index (χ4v) is 2.70. The van der Waals surface area contributed by atoms with Crippen LogP contribution in [0.1, 0.15) is 22.3 Å². The Bertz CT molecular complexity index is 636. The van der Waals surface area contributed by atoms with E-state index in [9.17, 15) is 4.79 Å². The molecule has 1 aromatic carbocycles. The van der Waals surface area contributed by atoms with Gasteiger partial charge < -0.3 is 14.6 Å². The van der Waals surface area contributed by atoms with Gasteiger partial charge in [0.2, 0.25) is 0 Å². The molecule has 2 aromatic rings. The van der Waals surface area contributed by atoms with Crippen LogP contribution < -0.4 is 9.47 Å². The Kier molecular flexibility index (Phi) is 4.24. The predicted molar refractivity (Wildman–Crippen MR) is 77.0 cm³/mol. The van der Waals surface area contributed by atoms with E-state index in [-0.39, 0.29) is 5.69 Å². The monoisotopic (exact) mass is 293 g/mol. The second kappa shape index (κ2) is 5.92. The average molecular weight is 293 g/mol. The number of methoxy groups -OCH3 is 1. The lowest BCUT2D eigenvalue weighted by molar-refractivity contribution is 0.0690. The SMILES string of the molecule is CCOc1ccc(-c2nc(C(=O)O)c(C)s2)cc1OC. The van der Waals surface area contributed by atoms with Crippen LogP contribution in [0.15, 0.2) is 18.2 Å². The number of aromatic nitrogens is 1. The van der Waals surface area contributed by atoms with Crippen LogP contribution in [-0.4, -0.2) is 29.8 Å². The predicted octanol–water partition coefficient (Wildman–Crippen LogP) is 3.22. The number of carboxylic acids is 1. The summed E-state index contributed by atoms with van der Waals surface area (Å²) >= 11 is 1.35. The van der Waals surface area contributed by atoms with E-state index in [2.05, 4.69) is 4.98 Å². The van der Waals surface area contributed by atoms with Crippen molar-refractivity contribution in [2.75, 3.05) is 13.7 Å². The fraction of sp³-hybridized carbons (Fsp3) is 0.286. The van der Waals surface area contributed by atoms with Crippen molar-refractivity contribution in [3.8, 4) is 22.1 Å². The van der Waals surface area contributed by atoms with E-state index < -0.39 is 5.97 Å². The minimum absolute atomic E-state index is 0.0952. The van der Waals surface area contributed by atoms with Gasteiger partial charge in [-0.25, -0.2) is 9.78 Å². The highest BCUT2D eigenvalue weighted by Gasteiger charge is 2.16. The number of rotatable bonds is 5. The molecule has 1 N–H and O–H groups in total. The molecule has 1 heterocycles. The summed E-state index contributed by atoms with van der Waals surface area (Å²) in [7, 11) is 1.57. The summed E-state index contributed by atoms with van der Waals surface area (Å²) in [5.41, 5.74) is 0.906. The molecular formula is C14H15NO4S. The number of carbonyl (C=O) groups is 1. The first-order chi connectivity index (χ1) is 9.56. The highest BCUT2D eigenvalue weighted by atomic mass is 32.1. The smallest absolute Gasteiger partial charge is 0.355 e. The molecule has 0 saturated carbocycles. The van der Waals surface area contributed by atoms with Crippen molar-refractivity contribution in [2.45, 2.75) is 13.8 Å². The summed E-state index contributed by atoms with van der Waals surface area (Å²) in [6, 6.07) is 5.45. The number of aromatic carboxylic acids is 1. The summed E-state index contributed by atoms with van der Waals surface area (Å²) in [6.07, 6.45) is 0. The number of hydrogen-bond acceptors (Lipinski definition) is 5. The van der Waals surface area contributed by atoms with Crippen LogP contribution in [0.5, 0.6) is 11.5 Å². The number of aryl methyl sites for hydroxylation is 1. The van der Waals surface area contributed by atoms with E-state index in [0.717, 1.165) is 5.56 Å². The van der Waals surface area contributed by atoms with Crippen molar-refractivity contribution in [3.63, 3.8) is 0 Å². The van der Waals surface area contributed by atoms with E-state index in [1.807, 2.05) is 13.0 Å². The Morgan fingerprint density at radius 2 is 2.15 bits per heavy atom. The molecule has 2 rings (SSSR count). The molecule has 0 saturated heterocycles. The van der Waals surface area contributed by atoms with E-state index in [1.54, 1.807) is 26.2 Å². The highest BCUT2D eigenvalue weighted by molar-refractivity contribution is 7.15. The van der Waals surface area contributed by atoms with Crippen molar-refractivity contribution in [2.24, 2.45) is 0 Å². The number of hydrogen-bond donors (Lipinski definition) is 1. The maximum absolute atomic E-state index is 11.0. The molecule has 0 fully saturated rings. The van der Waals surface area contributed by atoms with Crippen LogP contribution in [0.2, 0.25) is 0 Å². The van der Waals surface area contributed by atoms with Crippen LogP contribution in [0.4, 0.5) is 0 Å². The number of carboxylic acid groups (broad SMARTS) is 1. The molecule has 0 unspecified atom stereocenters. The first kappa shape index (κ1) is 14.3. The molecule has 0 radical (unpaired) electrons. The summed E-state index contributed by atoms with van der Waals surface area (Å²) in [5.74, 6) is 0.252. The van der Waals surface area contributed by atoms with E-state index in [1.165, 1.54) is 11.3 Å². The molecule has 0 aliphatic rings. The van der Waals surface area contributed by atoms with Gasteiger partial charge in [0.1, 0.15) is 5.01 Å². The first-order valence-electron chi connectivity index (χ1n) is 6.08. The van der Waals surface area contributed by atoms with Gasteiger partial charge in [-0.3, -0.25) is 0 Å². The van der Waals surface area contributed by atoms with Gasteiger partial charge in [-0.15, -0.1) is 11.3 Å². The van der Waals surface area contributed by atoms with Crippen molar-refractivity contribution in [1.29, 1.82) is 0 Å². The van der Waals surface area contributed by atoms with Crippen LogP contribution in [0, 0.1) is 6.92 Å². The van der Waals surface area contributed by atoms with Gasteiger partial charge >= 0.3 is 5.97 Å². The number of thiazole rings is 1. The zero-order valence-corrected chi connectivity index (χ0v) is 12.3. The Morgan fingerprint density at radius 1 is 1.40 bits per heavy atom. The number of benzene rings is 1. The van der Waals surface area contributed by atoms with E-state index in [0.29, 0.717) is 28.0 Å². The molecule has 0 aliphatic heterocycles. The van der Waals surface area contributed by atoms with Crippen molar-refractivity contribution < 1.29 is 19.4 Å². The van der Waals surface area contributed by atoms with Gasteiger partial charge in [-0.1, -0.05) is 0 Å². The van der Waals surface area contributed by atoms with Crippen LogP contribution in [0.3, 0.4) is 0 Å². The fourth-order valence-electron chi connectivity index (χ4n) is 1.79. The molecule has 0 bridgehead atoms. The average Bonchev–Trinajstić information content (AvgIpc) is 2.82. The minimum atomic E-state index is -1.01. The van der Waals surface area contributed by atoms with Gasteiger partial charge in [0.05, 0.1) is 13.7 Å². The number of nitrogens with zero attached hydrogens (tertiary/aromatic N) is 1. The molecule has 6 heteroatoms. The summed E-state index contributed by atoms with van der Waals surface area (Å²) in [6.45, 7) is 4.20. The van der Waals surface area contributed by atoms with Crippen molar-refractivity contribution >= 4 is 17.3 Å². The third-order valence-electron chi connectivity index (χ3n) is 2.71. The Hall–Kier alpha value is -2.08. The van der Waals surface area contributed by atoms with Crippen molar-refractivity contribution in [1.82, 2.24) is 4.98 Å². The summed E-state index contributed by atoms with van der Waals surface area (Å²) < 4.78 is 10.7. The van der Waals surface area contributed by atoms with Crippen LogP contribution in [0.25, 0.3) is 10.6 Å². The molecule has 0 amide bonds. The lowest BCUT2D eigenvalue weighted by atomic mass is 10.2. The molecule has 1 aromatic heterocycles. The first-order valence-corrected chi connectivity index (χ1v) is 6.90. The third-order valence-corrected chi connectivity index (χ3v) is 3.73. The topological polar surface area (TPSA) is 68.7 Å². The second-order valence-electron chi connectivity index (χ2n) is 4.03. The van der Waals surface area contributed by atoms with Gasteiger partial charge in [0.25, 0.3) is 0 Å². The van der Waals surface area contributed by atoms with E-state index >= 15 is 0 Å². The molecule has 20 heavy (non-hydrogen) atoms. The maximum Gasteiger partial charge on any atom is 0.355 e. The minimum Gasteiger partial charge on any atom is -0.493 e. The Balaban J connectivity index is 2.42. The Morgan fingerprint density at radius 3 is 2.70 bits per heavy atom. The van der Waals surface area contributed by atoms with Gasteiger partial charge in [-0.05, 0) is 32.0 Å². The largest absolute Gasteiger partial charge is 0.493 e. The maximum atomic E-state index is 11.0. The molecule has 106 valence electrons. The summed E-state index contributed by atoms with van der Waals surface area (Å²) in [4.78, 5) is 15.9. The molecular weight excluding hydrogens is 278 g/mol. The highest BCUT2D eigenvalue weighted by Crippen LogP contribution is 2.35. The standard InChI is InChI=1S/C14H15NO4S/c1-4-19-10-6-5-9(7-11(10)18-3)13-15-12(14(16)17)8(2)20-13/h5-7H,4H2,1-3H3,(H,16,17). The lowest BCUT2D eigenvalue weighted by Gasteiger charge is -2.09. The second-order valence-corrected chi connectivity index (χ2v) is 5.23. The Labute approximate surface area is 120 Å². The third kappa shape index (κ3) is 2.75. The zero-order chi connectivity index (χ0) is 14.7. The molecule has 0 aliphatic carbocycles. The number of ether oxygens (including phenoxy) is 2. The van der Waals surface area contributed by atoms with Gasteiger partial charge in [-0.2, -0.15) is 0 Å². The van der Waals surface area contributed by atoms with Crippen molar-refractivity contribution in [3.05, 3.63) is 28.8 Å². The molecule has 0 spiro atoms. The zero-order valence-electron chi connectivity index (χ0n) is 11.5. The molecule has 5 nitrogen and oxygen atoms in total. The molecule has 0 atom stereocenters. The quantitative estimate of drug-likeness (QED) is 0.916. The van der Waals surface area contributed by atoms with Gasteiger partial charge in [0.15, 0.2) is 17.2 Å².